The Morgan fingerprint density at radius 1 is 1.11 bits per heavy atom. The summed E-state index contributed by atoms with van der Waals surface area (Å²) < 4.78 is 82.3. The van der Waals surface area contributed by atoms with E-state index in [9.17, 15) is 35.6 Å². The molecule has 206 valence electrons. The summed E-state index contributed by atoms with van der Waals surface area (Å²) in [6, 6.07) is 3.35. The van der Waals surface area contributed by atoms with E-state index >= 15 is 0 Å². The van der Waals surface area contributed by atoms with Crippen molar-refractivity contribution >= 4 is 44.8 Å². The van der Waals surface area contributed by atoms with Gasteiger partial charge in [0.1, 0.15) is 11.5 Å². The number of nitrogens with zero attached hydrogens (tertiary/aromatic N) is 1. The number of alkyl halides is 3. The van der Waals surface area contributed by atoms with Gasteiger partial charge in [-0.15, -0.1) is 0 Å². The van der Waals surface area contributed by atoms with Gasteiger partial charge in [0.05, 0.1) is 26.8 Å². The van der Waals surface area contributed by atoms with Crippen molar-refractivity contribution in [3.8, 4) is 0 Å². The van der Waals surface area contributed by atoms with Crippen molar-refractivity contribution in [3.05, 3.63) is 74.7 Å². The molecule has 14 heteroatoms. The smallest absolute Gasteiger partial charge is 0.336 e. The Morgan fingerprint density at radius 3 is 2.29 bits per heavy atom. The summed E-state index contributed by atoms with van der Waals surface area (Å²) in [5.41, 5.74) is -2.89. The van der Waals surface area contributed by atoms with Crippen LogP contribution in [0.5, 0.6) is 0 Å². The molecular formula is C24H25ClF4N4O4S. The number of carbonyl (C=O) groups is 2. The molecule has 0 unspecified atom stereocenters. The fraction of sp³-hybridized carbons (Fsp3) is 0.292. The van der Waals surface area contributed by atoms with Crippen molar-refractivity contribution in [3.63, 3.8) is 0 Å². The topological polar surface area (TPSA) is 117 Å². The van der Waals surface area contributed by atoms with E-state index in [0.717, 1.165) is 31.3 Å². The van der Waals surface area contributed by atoms with Crippen LogP contribution in [0.2, 0.25) is 5.02 Å². The van der Waals surface area contributed by atoms with E-state index in [2.05, 4.69) is 15.6 Å². The van der Waals surface area contributed by atoms with Gasteiger partial charge in [0, 0.05) is 17.9 Å². The van der Waals surface area contributed by atoms with Gasteiger partial charge in [-0.1, -0.05) is 17.2 Å². The van der Waals surface area contributed by atoms with Crippen LogP contribution >= 0.6 is 11.6 Å². The van der Waals surface area contributed by atoms with Crippen molar-refractivity contribution in [2.45, 2.75) is 46.8 Å². The number of nitrogens with one attached hydrogen (secondary N) is 3. The fourth-order valence-corrected chi connectivity index (χ4v) is 4.08. The van der Waals surface area contributed by atoms with Crippen LogP contribution in [0.4, 0.5) is 33.7 Å². The van der Waals surface area contributed by atoms with E-state index in [-0.39, 0.29) is 22.3 Å². The zero-order chi connectivity index (χ0) is 29.0. The number of amides is 2. The summed E-state index contributed by atoms with van der Waals surface area (Å²) in [6.45, 7) is 6.72. The van der Waals surface area contributed by atoms with Crippen LogP contribution in [0.25, 0.3) is 0 Å². The lowest BCUT2D eigenvalue weighted by atomic mass is 10.1. The van der Waals surface area contributed by atoms with Crippen LogP contribution in [0.15, 0.2) is 52.6 Å². The van der Waals surface area contributed by atoms with Crippen molar-refractivity contribution in [2.75, 3.05) is 10.0 Å². The van der Waals surface area contributed by atoms with Gasteiger partial charge in [-0.05, 0) is 65.0 Å². The van der Waals surface area contributed by atoms with Gasteiger partial charge in [0.15, 0.2) is 0 Å². The zero-order valence-corrected chi connectivity index (χ0v) is 22.5. The Kier molecular flexibility index (Phi) is 9.67. The minimum absolute atomic E-state index is 0.0594. The van der Waals surface area contributed by atoms with E-state index in [1.165, 1.54) is 19.9 Å². The molecule has 0 aliphatic rings. The van der Waals surface area contributed by atoms with E-state index < -0.39 is 61.3 Å². The number of sulfonamides is 1. The number of allylic oxidation sites excluding steroid dienone is 4. The number of aromatic nitrogens is 1. The first-order valence-corrected chi connectivity index (χ1v) is 12.8. The van der Waals surface area contributed by atoms with Gasteiger partial charge in [0.2, 0.25) is 5.78 Å². The summed E-state index contributed by atoms with van der Waals surface area (Å²) in [6.07, 6.45) is -3.35. The van der Waals surface area contributed by atoms with Gasteiger partial charge < -0.3 is 10.6 Å². The van der Waals surface area contributed by atoms with E-state index in [0.29, 0.717) is 6.08 Å². The molecule has 0 saturated heterocycles. The number of urea groups is 1. The number of hydrogen-bond acceptors (Lipinski definition) is 5. The number of hydrogen-bond donors (Lipinski definition) is 3. The van der Waals surface area contributed by atoms with E-state index in [1.54, 1.807) is 13.8 Å². The van der Waals surface area contributed by atoms with Gasteiger partial charge in [0.25, 0.3) is 10.0 Å². The third kappa shape index (κ3) is 8.02. The number of halogens is 5. The van der Waals surface area contributed by atoms with Crippen molar-refractivity contribution in [1.29, 1.82) is 0 Å². The molecule has 0 radical (unpaired) electrons. The van der Waals surface area contributed by atoms with Crippen LogP contribution in [0.1, 0.15) is 50.7 Å². The van der Waals surface area contributed by atoms with Crippen LogP contribution < -0.4 is 15.4 Å². The zero-order valence-electron chi connectivity index (χ0n) is 20.9. The number of rotatable bonds is 8. The van der Waals surface area contributed by atoms with Gasteiger partial charge in [-0.2, -0.15) is 13.2 Å². The van der Waals surface area contributed by atoms with Crippen molar-refractivity contribution in [1.82, 2.24) is 10.3 Å². The molecule has 1 heterocycles. The SMILES string of the molecule is CC(C)=C(/C=C(\C)S(=O)(=O)Nc1cc(Cl)cnc1C(=O)c1cc(NC(=O)NC(C)C)ccc1F)C(F)(F)F. The van der Waals surface area contributed by atoms with Gasteiger partial charge in [-0.3, -0.25) is 9.52 Å². The summed E-state index contributed by atoms with van der Waals surface area (Å²) in [4.78, 5) is 28.3. The number of pyridine rings is 1. The fourth-order valence-electron chi connectivity index (χ4n) is 3.05. The second kappa shape index (κ2) is 11.9. The van der Waals surface area contributed by atoms with Crippen molar-refractivity contribution < 1.29 is 35.6 Å². The quantitative estimate of drug-likeness (QED) is 0.197. The molecule has 0 atom stereocenters. The Balaban J connectivity index is 2.50. The molecule has 8 nitrogen and oxygen atoms in total. The monoisotopic (exact) mass is 576 g/mol. The Morgan fingerprint density at radius 2 is 1.74 bits per heavy atom. The third-order valence-corrected chi connectivity index (χ3v) is 6.48. The maximum atomic E-state index is 14.6. The van der Waals surface area contributed by atoms with Crippen LogP contribution in [-0.2, 0) is 10.0 Å². The second-order valence-corrected chi connectivity index (χ2v) is 10.9. The first-order valence-electron chi connectivity index (χ1n) is 11.0. The summed E-state index contributed by atoms with van der Waals surface area (Å²) in [5, 5.41) is 4.89. The Hall–Kier alpha value is -3.45. The molecule has 0 fully saturated rings. The first-order chi connectivity index (χ1) is 17.4. The predicted molar refractivity (Wildman–Crippen MR) is 137 cm³/mol. The molecule has 0 bridgehead atoms. The molecule has 2 aromatic rings. The van der Waals surface area contributed by atoms with Crippen LogP contribution in [0.3, 0.4) is 0 Å². The first kappa shape index (κ1) is 30.8. The summed E-state index contributed by atoms with van der Waals surface area (Å²) >= 11 is 5.91. The average molecular weight is 577 g/mol. The number of ketones is 1. The molecule has 2 rings (SSSR count). The highest BCUT2D eigenvalue weighted by molar-refractivity contribution is 7.96. The minimum atomic E-state index is -4.81. The largest absolute Gasteiger partial charge is 0.416 e. The predicted octanol–water partition coefficient (Wildman–Crippen LogP) is 6.18. The maximum absolute atomic E-state index is 14.6. The maximum Gasteiger partial charge on any atom is 0.416 e. The molecule has 3 N–H and O–H groups in total. The summed E-state index contributed by atoms with van der Waals surface area (Å²) in [7, 11) is -4.64. The molecular weight excluding hydrogens is 552 g/mol. The highest BCUT2D eigenvalue weighted by Gasteiger charge is 2.34. The third-order valence-electron chi connectivity index (χ3n) is 4.82. The Bertz CT molecular complexity index is 1420. The van der Waals surface area contributed by atoms with E-state index in [4.69, 9.17) is 11.6 Å². The van der Waals surface area contributed by atoms with Gasteiger partial charge >= 0.3 is 12.2 Å². The molecule has 0 spiro atoms. The highest BCUT2D eigenvalue weighted by atomic mass is 35.5. The average Bonchev–Trinajstić information content (AvgIpc) is 2.76. The molecule has 1 aromatic carbocycles. The van der Waals surface area contributed by atoms with E-state index in [1.807, 2.05) is 4.72 Å². The molecule has 0 aliphatic heterocycles. The molecule has 1 aromatic heterocycles. The molecule has 0 saturated carbocycles. The second-order valence-electron chi connectivity index (χ2n) is 8.60. The lowest BCUT2D eigenvalue weighted by Crippen LogP contribution is -2.34. The molecule has 38 heavy (non-hydrogen) atoms. The Labute approximate surface area is 222 Å². The number of anilines is 2. The van der Waals surface area contributed by atoms with Crippen molar-refractivity contribution in [2.24, 2.45) is 0 Å². The highest BCUT2D eigenvalue weighted by Crippen LogP contribution is 2.32. The standard InChI is InChI=1S/C24H25ClF4N4O4S/c1-12(2)18(24(27,28)29)8-14(5)38(36,37)33-20-9-15(25)11-30-21(20)22(34)17-10-16(6-7-19(17)26)32-23(35)31-13(3)4/h6-11,13,33H,1-5H3,(H2,31,32,35)/b14-8+. The minimum Gasteiger partial charge on any atom is -0.336 e. The normalized spacial score (nSPS) is 12.2. The number of carbonyl (C=O) groups excluding carboxylic acids is 2. The molecule has 0 aliphatic carbocycles. The number of benzene rings is 1. The molecule has 2 amide bonds. The van der Waals surface area contributed by atoms with Gasteiger partial charge in [-0.25, -0.2) is 22.6 Å². The summed E-state index contributed by atoms with van der Waals surface area (Å²) in [5.74, 6) is -2.07. The van der Waals surface area contributed by atoms with Crippen LogP contribution in [-0.4, -0.2) is 37.4 Å². The lowest BCUT2D eigenvalue weighted by molar-refractivity contribution is -0.0889. The van der Waals surface area contributed by atoms with Crippen LogP contribution in [0, 0.1) is 5.82 Å². The lowest BCUT2D eigenvalue weighted by Gasteiger charge is -2.15.